The zero-order valence-corrected chi connectivity index (χ0v) is 12.9. The van der Waals surface area contributed by atoms with Gasteiger partial charge in [0.2, 0.25) is 9.84 Å². The fourth-order valence-electron chi connectivity index (χ4n) is 1.95. The predicted molar refractivity (Wildman–Crippen MR) is 76.8 cm³/mol. The summed E-state index contributed by atoms with van der Waals surface area (Å²) in [6.07, 6.45) is -5.31. The number of phenolic OH excluding ortho intramolecular Hbond substituents is 2. The molecule has 2 N–H and O–H groups in total. The monoisotopic (exact) mass is 360 g/mol. The molecule has 0 fully saturated rings. The number of hydrogen-bond donors (Lipinski definition) is 2. The molecule has 2 aromatic carbocycles. The molecule has 0 heterocycles. The molecule has 128 valence electrons. The van der Waals surface area contributed by atoms with Crippen LogP contribution in [-0.2, 0) is 9.84 Å². The second kappa shape index (κ2) is 5.82. The third kappa shape index (κ3) is 3.21. The number of benzene rings is 2. The maximum Gasteiger partial charge on any atom is 0.455 e. The van der Waals surface area contributed by atoms with Gasteiger partial charge in [0.1, 0.15) is 16.4 Å². The molecular formula is C15H11F3O5S. The Labute approximate surface area is 134 Å². The first kappa shape index (κ1) is 17.8. The van der Waals surface area contributed by atoms with Gasteiger partial charge < -0.3 is 10.2 Å². The number of alkyl halides is 3. The Hall–Kier alpha value is -2.55. The average molecular weight is 360 g/mol. The number of aryl methyl sites for hydroxylation is 1. The molecule has 0 radical (unpaired) electrons. The third-order valence-electron chi connectivity index (χ3n) is 3.20. The van der Waals surface area contributed by atoms with E-state index in [9.17, 15) is 36.6 Å². The molecule has 9 heteroatoms. The van der Waals surface area contributed by atoms with E-state index in [4.69, 9.17) is 0 Å². The Morgan fingerprint density at radius 2 is 1.54 bits per heavy atom. The molecule has 0 saturated carbocycles. The van der Waals surface area contributed by atoms with Gasteiger partial charge in [-0.15, -0.1) is 0 Å². The van der Waals surface area contributed by atoms with E-state index in [1.807, 2.05) is 0 Å². The summed E-state index contributed by atoms with van der Waals surface area (Å²) in [6.45, 7) is 1.70. The average Bonchev–Trinajstić information content (AvgIpc) is 2.46. The molecule has 2 aromatic rings. The molecule has 0 unspecified atom stereocenters. The lowest BCUT2D eigenvalue weighted by Gasteiger charge is -2.12. The molecule has 24 heavy (non-hydrogen) atoms. The molecule has 0 bridgehead atoms. The van der Waals surface area contributed by atoms with E-state index in [0.717, 1.165) is 5.56 Å². The summed E-state index contributed by atoms with van der Waals surface area (Å²) in [4.78, 5) is 10.1. The summed E-state index contributed by atoms with van der Waals surface area (Å²) in [7, 11) is -4.39. The highest BCUT2D eigenvalue weighted by Gasteiger charge is 2.41. The van der Waals surface area contributed by atoms with Crippen molar-refractivity contribution in [3.63, 3.8) is 0 Å². The Balaban J connectivity index is 2.66. The minimum absolute atomic E-state index is 0.278. The number of aromatic hydroxyl groups is 2. The van der Waals surface area contributed by atoms with Crippen LogP contribution >= 0.6 is 0 Å². The lowest BCUT2D eigenvalue weighted by Crippen LogP contribution is -2.23. The van der Waals surface area contributed by atoms with E-state index in [2.05, 4.69) is 0 Å². The van der Waals surface area contributed by atoms with Crippen LogP contribution in [0.4, 0.5) is 13.2 Å². The van der Waals surface area contributed by atoms with Crippen LogP contribution < -0.4 is 0 Å². The van der Waals surface area contributed by atoms with Crippen LogP contribution in [0.5, 0.6) is 11.5 Å². The minimum Gasteiger partial charge on any atom is -0.507 e. The number of hydrogen-bond acceptors (Lipinski definition) is 5. The van der Waals surface area contributed by atoms with E-state index in [1.54, 1.807) is 6.92 Å². The van der Waals surface area contributed by atoms with E-state index in [1.165, 1.54) is 24.3 Å². The van der Waals surface area contributed by atoms with Crippen molar-refractivity contribution < 1.29 is 36.6 Å². The van der Waals surface area contributed by atoms with E-state index in [-0.39, 0.29) is 4.90 Å². The number of carbonyl (C=O) groups excluding carboxylic acids is 1. The number of rotatable bonds is 3. The Morgan fingerprint density at radius 3 is 2.04 bits per heavy atom. The third-order valence-corrected chi connectivity index (χ3v) is 5.00. The van der Waals surface area contributed by atoms with Gasteiger partial charge in [-0.25, -0.2) is 8.42 Å². The number of halogens is 3. The zero-order chi connectivity index (χ0) is 18.3. The van der Waals surface area contributed by atoms with Gasteiger partial charge in [-0.1, -0.05) is 17.7 Å². The first-order chi connectivity index (χ1) is 10.9. The molecule has 0 aliphatic carbocycles. The first-order valence-corrected chi connectivity index (χ1v) is 7.92. The minimum atomic E-state index is -5.31. The van der Waals surface area contributed by atoms with E-state index < -0.39 is 43.8 Å². The van der Waals surface area contributed by atoms with Crippen molar-refractivity contribution in [3.05, 3.63) is 47.5 Å². The summed E-state index contributed by atoms with van der Waals surface area (Å²) in [5.74, 6) is -4.55. The SMILES string of the molecule is Cc1ccc(S(=O)(=O)c2cc(C(=O)C(F)(F)F)c(O)cc2O)cc1. The number of carbonyl (C=O) groups is 1. The zero-order valence-electron chi connectivity index (χ0n) is 12.1. The van der Waals surface area contributed by atoms with Crippen LogP contribution in [-0.4, -0.2) is 30.6 Å². The molecule has 0 aliphatic heterocycles. The summed E-state index contributed by atoms with van der Waals surface area (Å²) in [6, 6.07) is 6.05. The van der Waals surface area contributed by atoms with Crippen LogP contribution in [0, 0.1) is 6.92 Å². The van der Waals surface area contributed by atoms with Crippen LogP contribution in [0.1, 0.15) is 15.9 Å². The van der Waals surface area contributed by atoms with Gasteiger partial charge in [0.25, 0.3) is 5.78 Å². The van der Waals surface area contributed by atoms with Crippen LogP contribution in [0.2, 0.25) is 0 Å². The standard InChI is InChI=1S/C15H11F3O5S/c1-8-2-4-9(5-3-8)24(22,23)13-6-10(11(19)7-12(13)20)14(21)15(16,17)18/h2-7,19-20H,1H3. The highest BCUT2D eigenvalue weighted by molar-refractivity contribution is 7.91. The Morgan fingerprint density at radius 1 is 1.00 bits per heavy atom. The van der Waals surface area contributed by atoms with Crippen molar-refractivity contribution in [3.8, 4) is 11.5 Å². The molecule has 0 saturated heterocycles. The normalized spacial score (nSPS) is 12.2. The second-order valence-corrected chi connectivity index (χ2v) is 6.90. The van der Waals surface area contributed by atoms with Crippen LogP contribution in [0.25, 0.3) is 0 Å². The number of Topliss-reactive ketones (excluding diaryl/α,β-unsaturated/α-hetero) is 1. The largest absolute Gasteiger partial charge is 0.507 e. The Bertz CT molecular complexity index is 900. The highest BCUT2D eigenvalue weighted by Crippen LogP contribution is 2.36. The second-order valence-electron chi connectivity index (χ2n) is 4.98. The molecule has 5 nitrogen and oxygen atoms in total. The quantitative estimate of drug-likeness (QED) is 0.821. The van der Waals surface area contributed by atoms with Crippen molar-refractivity contribution in [2.24, 2.45) is 0 Å². The van der Waals surface area contributed by atoms with Gasteiger partial charge in [-0.05, 0) is 25.1 Å². The Kier molecular flexibility index (Phi) is 4.32. The fraction of sp³-hybridized carbons (Fsp3) is 0.133. The van der Waals surface area contributed by atoms with Gasteiger partial charge in [0.15, 0.2) is 0 Å². The maximum atomic E-state index is 12.5. The molecule has 2 rings (SSSR count). The van der Waals surface area contributed by atoms with E-state index in [0.29, 0.717) is 12.1 Å². The molecular weight excluding hydrogens is 349 g/mol. The molecule has 0 amide bonds. The molecule has 0 aromatic heterocycles. The summed E-state index contributed by atoms with van der Waals surface area (Å²) < 4.78 is 62.6. The smallest absolute Gasteiger partial charge is 0.455 e. The number of sulfone groups is 1. The van der Waals surface area contributed by atoms with Crippen LogP contribution in [0.15, 0.2) is 46.2 Å². The number of ketones is 1. The molecule has 0 atom stereocenters. The maximum absolute atomic E-state index is 12.5. The van der Waals surface area contributed by atoms with E-state index >= 15 is 0 Å². The van der Waals surface area contributed by atoms with Gasteiger partial charge in [-0.3, -0.25) is 4.79 Å². The lowest BCUT2D eigenvalue weighted by atomic mass is 10.1. The van der Waals surface area contributed by atoms with Gasteiger partial charge in [0, 0.05) is 6.07 Å². The van der Waals surface area contributed by atoms with Crippen molar-refractivity contribution in [2.75, 3.05) is 0 Å². The van der Waals surface area contributed by atoms with Crippen molar-refractivity contribution in [1.82, 2.24) is 0 Å². The summed E-state index contributed by atoms with van der Waals surface area (Å²) in [5.41, 5.74) is -0.511. The van der Waals surface area contributed by atoms with Gasteiger partial charge in [-0.2, -0.15) is 13.2 Å². The van der Waals surface area contributed by atoms with Crippen molar-refractivity contribution in [2.45, 2.75) is 22.9 Å². The van der Waals surface area contributed by atoms with Crippen molar-refractivity contribution in [1.29, 1.82) is 0 Å². The van der Waals surface area contributed by atoms with Crippen molar-refractivity contribution >= 4 is 15.6 Å². The van der Waals surface area contributed by atoms with Gasteiger partial charge >= 0.3 is 6.18 Å². The summed E-state index contributed by atoms with van der Waals surface area (Å²) in [5, 5.41) is 19.2. The first-order valence-electron chi connectivity index (χ1n) is 6.44. The number of phenols is 2. The fourth-order valence-corrected chi connectivity index (χ4v) is 3.31. The highest BCUT2D eigenvalue weighted by atomic mass is 32.2. The molecule has 0 spiro atoms. The lowest BCUT2D eigenvalue weighted by molar-refractivity contribution is -0.0886. The molecule has 0 aliphatic rings. The topological polar surface area (TPSA) is 91.7 Å². The predicted octanol–water partition coefficient (Wildman–Crippen LogP) is 2.98. The summed E-state index contributed by atoms with van der Waals surface area (Å²) >= 11 is 0. The van der Waals surface area contributed by atoms with Gasteiger partial charge in [0.05, 0.1) is 10.5 Å². The van der Waals surface area contributed by atoms with Crippen LogP contribution in [0.3, 0.4) is 0 Å².